The molecule has 29 heavy (non-hydrogen) atoms. The van der Waals surface area contributed by atoms with E-state index in [2.05, 4.69) is 44.8 Å². The number of halogens is 1. The smallest absolute Gasteiger partial charge is 0.218 e. The summed E-state index contributed by atoms with van der Waals surface area (Å²) in [5.74, 6) is 0.879. The number of aromatic nitrogens is 1. The lowest BCUT2D eigenvalue weighted by Gasteiger charge is -2.34. The molecule has 0 saturated heterocycles. The maximum atomic E-state index is 14.7. The lowest BCUT2D eigenvalue weighted by Crippen LogP contribution is -2.39. The van der Waals surface area contributed by atoms with Crippen LogP contribution in [0.4, 0.5) is 10.2 Å². The summed E-state index contributed by atoms with van der Waals surface area (Å²) in [5, 5.41) is 0. The minimum Gasteiger partial charge on any atom is -0.485 e. The molecule has 0 spiro atoms. The van der Waals surface area contributed by atoms with Gasteiger partial charge in [-0.25, -0.2) is 0 Å². The Morgan fingerprint density at radius 2 is 1.72 bits per heavy atom. The van der Waals surface area contributed by atoms with Crippen LogP contribution in [-0.4, -0.2) is 44.1 Å². The monoisotopic (exact) mass is 401 g/mol. The lowest BCUT2D eigenvalue weighted by molar-refractivity contribution is 0.244. The van der Waals surface area contributed by atoms with Crippen LogP contribution >= 0.6 is 0 Å². The fourth-order valence-electron chi connectivity index (χ4n) is 3.97. The van der Waals surface area contributed by atoms with Crippen molar-refractivity contribution in [1.29, 1.82) is 0 Å². The van der Waals surface area contributed by atoms with E-state index in [1.54, 1.807) is 6.92 Å². The molecule has 1 aromatic carbocycles. The van der Waals surface area contributed by atoms with E-state index in [0.29, 0.717) is 23.7 Å². The maximum Gasteiger partial charge on any atom is 0.218 e. The molecule has 1 heterocycles. The van der Waals surface area contributed by atoms with Crippen LogP contribution < -0.4 is 9.64 Å². The van der Waals surface area contributed by atoms with Gasteiger partial charge < -0.3 is 14.5 Å². The molecule has 0 unspecified atom stereocenters. The quantitative estimate of drug-likeness (QED) is 0.519. The second kappa shape index (κ2) is 10.1. The highest BCUT2D eigenvalue weighted by atomic mass is 19.1. The number of pyridine rings is 1. The Balaban J connectivity index is 2.40. The van der Waals surface area contributed by atoms with Crippen LogP contribution in [0.5, 0.6) is 5.75 Å². The normalized spacial score (nSPS) is 11.8. The number of hydrogen-bond acceptors (Lipinski definition) is 4. The van der Waals surface area contributed by atoms with Gasteiger partial charge in [-0.3, -0.25) is 0 Å². The van der Waals surface area contributed by atoms with Crippen molar-refractivity contribution in [3.05, 3.63) is 53.0 Å². The molecule has 160 valence electrons. The molecule has 0 amide bonds. The average Bonchev–Trinajstić information content (AvgIpc) is 2.63. The molecule has 0 fully saturated rings. The topological polar surface area (TPSA) is 28.6 Å². The van der Waals surface area contributed by atoms with Crippen LogP contribution in [0, 0.1) is 18.3 Å². The molecule has 0 N–H and O–H groups in total. The number of nitrogens with zero attached hydrogens (tertiary/aromatic N) is 3. The van der Waals surface area contributed by atoms with Crippen molar-refractivity contribution < 1.29 is 9.13 Å². The Morgan fingerprint density at radius 3 is 2.31 bits per heavy atom. The van der Waals surface area contributed by atoms with Crippen molar-refractivity contribution in [3.8, 4) is 5.75 Å². The van der Waals surface area contributed by atoms with E-state index in [4.69, 9.17) is 4.74 Å². The van der Waals surface area contributed by atoms with Crippen LogP contribution in [-0.2, 0) is 13.0 Å². The zero-order chi connectivity index (χ0) is 21.6. The molecule has 0 bridgehead atoms. The Hall–Kier alpha value is -2.14. The van der Waals surface area contributed by atoms with Gasteiger partial charge in [0.05, 0.1) is 0 Å². The third-order valence-electron chi connectivity index (χ3n) is 4.94. The minimum absolute atomic E-state index is 0.0168. The van der Waals surface area contributed by atoms with Crippen LogP contribution in [0.15, 0.2) is 30.3 Å². The highest BCUT2D eigenvalue weighted by Gasteiger charge is 2.26. The largest absolute Gasteiger partial charge is 0.485 e. The highest BCUT2D eigenvalue weighted by molar-refractivity contribution is 5.58. The minimum atomic E-state index is -0.409. The average molecular weight is 402 g/mol. The van der Waals surface area contributed by atoms with Gasteiger partial charge in [0, 0.05) is 31.3 Å². The van der Waals surface area contributed by atoms with Crippen molar-refractivity contribution in [3.63, 3.8) is 0 Å². The van der Waals surface area contributed by atoms with E-state index in [9.17, 15) is 4.39 Å². The van der Waals surface area contributed by atoms with Gasteiger partial charge in [-0.2, -0.15) is 9.37 Å². The molecule has 1 aromatic heterocycles. The molecular formula is C24H36FN3O. The molecule has 0 aliphatic carbocycles. The third-order valence-corrected chi connectivity index (χ3v) is 4.94. The summed E-state index contributed by atoms with van der Waals surface area (Å²) in [5.41, 5.74) is 2.60. The van der Waals surface area contributed by atoms with Gasteiger partial charge >= 0.3 is 0 Å². The summed E-state index contributed by atoms with van der Waals surface area (Å²) < 4.78 is 21.0. The van der Waals surface area contributed by atoms with Crippen LogP contribution in [0.2, 0.25) is 0 Å². The van der Waals surface area contributed by atoms with Gasteiger partial charge in [0.1, 0.15) is 6.61 Å². The van der Waals surface area contributed by atoms with Gasteiger partial charge in [-0.1, -0.05) is 57.5 Å². The van der Waals surface area contributed by atoms with Crippen molar-refractivity contribution in [2.45, 2.75) is 47.1 Å². The van der Waals surface area contributed by atoms with Crippen LogP contribution in [0.25, 0.3) is 0 Å². The first-order valence-electron chi connectivity index (χ1n) is 10.4. The Morgan fingerprint density at radius 1 is 1.07 bits per heavy atom. The van der Waals surface area contributed by atoms with Crippen LogP contribution in [0.3, 0.4) is 0 Å². The van der Waals surface area contributed by atoms with E-state index < -0.39 is 5.95 Å². The molecule has 0 aliphatic heterocycles. The predicted octanol–water partition coefficient (Wildman–Crippen LogP) is 5.08. The fraction of sp³-hybridized carbons (Fsp3) is 0.542. The molecule has 0 radical (unpaired) electrons. The van der Waals surface area contributed by atoms with E-state index >= 15 is 0 Å². The standard InChI is InChI=1S/C24H36FN3O/c1-8-12-20-18(2)22(25)26-23(28(7)17-24(3,4)16-27(5)6)21(20)29-15-19-13-10-9-11-14-19/h9-11,13-14H,8,12,15-17H2,1-7H3. The molecule has 4 nitrogen and oxygen atoms in total. The molecule has 2 rings (SSSR count). The summed E-state index contributed by atoms with van der Waals surface area (Å²) in [6, 6.07) is 10.1. The van der Waals surface area contributed by atoms with E-state index in [1.807, 2.05) is 42.3 Å². The summed E-state index contributed by atoms with van der Waals surface area (Å²) in [6.07, 6.45) is 1.68. The first kappa shape index (κ1) is 23.1. The summed E-state index contributed by atoms with van der Waals surface area (Å²) in [6.45, 7) is 10.4. The summed E-state index contributed by atoms with van der Waals surface area (Å²) >= 11 is 0. The van der Waals surface area contributed by atoms with Crippen LogP contribution in [0.1, 0.15) is 43.9 Å². The lowest BCUT2D eigenvalue weighted by atomic mass is 9.92. The summed E-state index contributed by atoms with van der Waals surface area (Å²) in [4.78, 5) is 8.52. The molecule has 5 heteroatoms. The van der Waals surface area contributed by atoms with Crippen molar-refractivity contribution in [2.75, 3.05) is 39.1 Å². The number of anilines is 1. The first-order valence-corrected chi connectivity index (χ1v) is 10.4. The Bertz CT molecular complexity index is 790. The first-order chi connectivity index (χ1) is 13.6. The number of ether oxygens (including phenoxy) is 1. The van der Waals surface area contributed by atoms with Gasteiger partial charge in [0.2, 0.25) is 5.95 Å². The summed E-state index contributed by atoms with van der Waals surface area (Å²) in [7, 11) is 6.11. The SMILES string of the molecule is CCCc1c(C)c(F)nc(N(C)CC(C)(C)CN(C)C)c1OCc1ccccc1. The molecule has 0 saturated carbocycles. The zero-order valence-corrected chi connectivity index (χ0v) is 19.1. The zero-order valence-electron chi connectivity index (χ0n) is 19.1. The second-order valence-corrected chi connectivity index (χ2v) is 8.94. The van der Waals surface area contributed by atoms with Gasteiger partial charge in [-0.15, -0.1) is 0 Å². The van der Waals surface area contributed by atoms with Gasteiger partial charge in [0.15, 0.2) is 11.6 Å². The maximum absolute atomic E-state index is 14.7. The van der Waals surface area contributed by atoms with Crippen molar-refractivity contribution >= 4 is 5.82 Å². The molecular weight excluding hydrogens is 365 g/mol. The Kier molecular flexibility index (Phi) is 8.03. The molecule has 0 atom stereocenters. The Labute approximate surface area is 175 Å². The fourth-order valence-corrected chi connectivity index (χ4v) is 3.97. The third kappa shape index (κ3) is 6.43. The number of benzene rings is 1. The second-order valence-electron chi connectivity index (χ2n) is 8.94. The van der Waals surface area contributed by atoms with Gasteiger partial charge in [-0.05, 0) is 38.4 Å². The number of rotatable bonds is 10. The predicted molar refractivity (Wildman–Crippen MR) is 119 cm³/mol. The van der Waals surface area contributed by atoms with E-state index in [1.165, 1.54) is 0 Å². The van der Waals surface area contributed by atoms with E-state index in [-0.39, 0.29) is 5.41 Å². The number of hydrogen-bond donors (Lipinski definition) is 0. The van der Waals surface area contributed by atoms with Crippen molar-refractivity contribution in [1.82, 2.24) is 9.88 Å². The van der Waals surface area contributed by atoms with Crippen molar-refractivity contribution in [2.24, 2.45) is 5.41 Å². The molecule has 2 aromatic rings. The highest BCUT2D eigenvalue weighted by Crippen LogP contribution is 2.36. The van der Waals surface area contributed by atoms with E-state index in [0.717, 1.165) is 37.1 Å². The van der Waals surface area contributed by atoms with Gasteiger partial charge in [0.25, 0.3) is 0 Å². The molecule has 0 aliphatic rings.